The first-order chi connectivity index (χ1) is 11.4. The van der Waals surface area contributed by atoms with Gasteiger partial charge < -0.3 is 10.0 Å². The van der Waals surface area contributed by atoms with E-state index in [0.29, 0.717) is 0 Å². The molecule has 1 atom stereocenters. The first-order valence-corrected chi connectivity index (χ1v) is 7.11. The Morgan fingerprint density at radius 2 is 1.80 bits per heavy atom. The Morgan fingerprint density at radius 3 is 2.28 bits per heavy atom. The number of hydrogen-bond donors (Lipinski definition) is 1. The lowest BCUT2D eigenvalue weighted by Crippen LogP contribution is -2.47. The van der Waals surface area contributed by atoms with Crippen molar-refractivity contribution in [2.75, 3.05) is 13.1 Å². The van der Waals surface area contributed by atoms with E-state index in [4.69, 9.17) is 5.11 Å². The van der Waals surface area contributed by atoms with Crippen molar-refractivity contribution < 1.29 is 41.0 Å². The van der Waals surface area contributed by atoms with Crippen LogP contribution in [0.1, 0.15) is 17.5 Å². The Balaban J connectivity index is 2.14. The van der Waals surface area contributed by atoms with Gasteiger partial charge in [-0.05, 0) is 18.1 Å². The fourth-order valence-corrected chi connectivity index (χ4v) is 2.69. The minimum Gasteiger partial charge on any atom is -0.481 e. The quantitative estimate of drug-likeness (QED) is 0.833. The fourth-order valence-electron chi connectivity index (χ4n) is 2.69. The van der Waals surface area contributed by atoms with Crippen molar-refractivity contribution in [1.82, 2.24) is 4.90 Å². The highest BCUT2D eigenvalue weighted by molar-refractivity contribution is 5.82. The van der Waals surface area contributed by atoms with Crippen LogP contribution >= 0.6 is 0 Å². The summed E-state index contributed by atoms with van der Waals surface area (Å²) in [6.45, 7) is -1.48. The van der Waals surface area contributed by atoms with Gasteiger partial charge in [-0.25, -0.2) is 0 Å². The number of carbonyl (C=O) groups is 2. The maximum absolute atomic E-state index is 13.1. The van der Waals surface area contributed by atoms with Crippen molar-refractivity contribution in [1.29, 1.82) is 0 Å². The van der Waals surface area contributed by atoms with Gasteiger partial charge in [-0.15, -0.1) is 0 Å². The van der Waals surface area contributed by atoms with Gasteiger partial charge in [0.05, 0.1) is 12.0 Å². The third kappa shape index (κ3) is 3.72. The molecule has 0 aliphatic carbocycles. The van der Waals surface area contributed by atoms with Gasteiger partial charge >= 0.3 is 18.3 Å². The fraction of sp³-hybridized carbons (Fsp3) is 0.467. The largest absolute Gasteiger partial charge is 0.481 e. The van der Waals surface area contributed by atoms with Gasteiger partial charge in [0.25, 0.3) is 0 Å². The molecule has 1 saturated heterocycles. The lowest BCUT2D eigenvalue weighted by atomic mass is 9.86. The summed E-state index contributed by atoms with van der Waals surface area (Å²) in [4.78, 5) is 23.9. The van der Waals surface area contributed by atoms with Gasteiger partial charge in [-0.1, -0.05) is 18.2 Å². The SMILES string of the molecule is O=C(Cc1cccc(C(F)(F)F)c1)N1CCC(C(=O)O)(C(F)(F)F)C1. The number of hydrogen-bond acceptors (Lipinski definition) is 2. The number of carboxylic acids is 1. The van der Waals surface area contributed by atoms with Crippen LogP contribution in [0.15, 0.2) is 24.3 Å². The molecule has 1 aromatic carbocycles. The van der Waals surface area contributed by atoms with E-state index in [0.717, 1.165) is 23.1 Å². The number of aliphatic carboxylic acids is 1. The van der Waals surface area contributed by atoms with Crippen LogP contribution in [-0.2, 0) is 22.2 Å². The molecule has 4 nitrogen and oxygen atoms in total. The molecule has 25 heavy (non-hydrogen) atoms. The number of carboxylic acid groups (broad SMARTS) is 1. The van der Waals surface area contributed by atoms with Crippen molar-refractivity contribution >= 4 is 11.9 Å². The van der Waals surface area contributed by atoms with Crippen LogP contribution in [0.25, 0.3) is 0 Å². The summed E-state index contributed by atoms with van der Waals surface area (Å²) in [5, 5.41) is 8.93. The lowest BCUT2D eigenvalue weighted by Gasteiger charge is -2.27. The topological polar surface area (TPSA) is 57.6 Å². The second-order valence-corrected chi connectivity index (χ2v) is 5.83. The zero-order valence-corrected chi connectivity index (χ0v) is 12.6. The Labute approximate surface area is 138 Å². The van der Waals surface area contributed by atoms with E-state index < -0.39 is 61.1 Å². The molecule has 0 aromatic heterocycles. The first-order valence-electron chi connectivity index (χ1n) is 7.11. The van der Waals surface area contributed by atoms with Crippen molar-refractivity contribution in [3.63, 3.8) is 0 Å². The van der Waals surface area contributed by atoms with Crippen LogP contribution in [0, 0.1) is 5.41 Å². The molecular weight excluding hydrogens is 356 g/mol. The molecule has 1 N–H and O–H groups in total. The van der Waals surface area contributed by atoms with Gasteiger partial charge in [0.2, 0.25) is 5.91 Å². The Kier molecular flexibility index (Phi) is 4.75. The number of amides is 1. The maximum Gasteiger partial charge on any atom is 0.416 e. The molecule has 1 amide bonds. The minimum absolute atomic E-state index is 0.0142. The molecule has 1 heterocycles. The summed E-state index contributed by atoms with van der Waals surface area (Å²) in [5.41, 5.74) is -4.04. The summed E-state index contributed by atoms with van der Waals surface area (Å²) in [5.74, 6) is -2.93. The van der Waals surface area contributed by atoms with E-state index in [1.54, 1.807) is 0 Å². The normalized spacial score (nSPS) is 21.4. The molecule has 0 spiro atoms. The van der Waals surface area contributed by atoms with Gasteiger partial charge in [-0.3, -0.25) is 9.59 Å². The van der Waals surface area contributed by atoms with Crippen molar-refractivity contribution in [2.24, 2.45) is 5.41 Å². The summed E-state index contributed by atoms with van der Waals surface area (Å²) in [6, 6.07) is 3.88. The summed E-state index contributed by atoms with van der Waals surface area (Å²) >= 11 is 0. The van der Waals surface area contributed by atoms with Crippen LogP contribution in [0.5, 0.6) is 0 Å². The average Bonchev–Trinajstić information content (AvgIpc) is 2.93. The lowest BCUT2D eigenvalue weighted by molar-refractivity contribution is -0.227. The van der Waals surface area contributed by atoms with Crippen LogP contribution < -0.4 is 0 Å². The number of likely N-dealkylation sites (tertiary alicyclic amines) is 1. The second kappa shape index (κ2) is 6.23. The third-order valence-corrected chi connectivity index (χ3v) is 4.18. The molecule has 0 bridgehead atoms. The number of benzene rings is 1. The summed E-state index contributed by atoms with van der Waals surface area (Å²) in [7, 11) is 0. The van der Waals surface area contributed by atoms with E-state index in [1.807, 2.05) is 0 Å². The number of carbonyl (C=O) groups excluding carboxylic acids is 1. The standard InChI is InChI=1S/C15H13F6NO3/c16-14(17,18)10-3-1-2-9(6-10)7-11(23)22-5-4-13(8-22,12(24)25)15(19,20)21/h1-3,6H,4-5,7-8H2,(H,24,25). The van der Waals surface area contributed by atoms with Crippen LogP contribution in [0.3, 0.4) is 0 Å². The highest BCUT2D eigenvalue weighted by Crippen LogP contribution is 2.45. The van der Waals surface area contributed by atoms with Crippen LogP contribution in [0.4, 0.5) is 26.3 Å². The van der Waals surface area contributed by atoms with Crippen molar-refractivity contribution in [2.45, 2.75) is 25.2 Å². The molecule has 0 radical (unpaired) electrons. The first kappa shape index (κ1) is 19.1. The van der Waals surface area contributed by atoms with E-state index >= 15 is 0 Å². The van der Waals surface area contributed by atoms with Crippen molar-refractivity contribution in [3.8, 4) is 0 Å². The zero-order chi connectivity index (χ0) is 19.0. The van der Waals surface area contributed by atoms with Crippen LogP contribution in [-0.4, -0.2) is 41.1 Å². The molecule has 1 aliphatic rings. The third-order valence-electron chi connectivity index (χ3n) is 4.18. The van der Waals surface area contributed by atoms with E-state index in [9.17, 15) is 35.9 Å². The number of halogens is 6. The van der Waals surface area contributed by atoms with E-state index in [-0.39, 0.29) is 5.56 Å². The predicted octanol–water partition coefficient (Wildman–Crippen LogP) is 3.11. The molecule has 138 valence electrons. The number of alkyl halides is 6. The van der Waals surface area contributed by atoms with Gasteiger partial charge in [0.15, 0.2) is 5.41 Å². The smallest absolute Gasteiger partial charge is 0.416 e. The monoisotopic (exact) mass is 369 g/mol. The molecule has 2 rings (SSSR count). The summed E-state index contributed by atoms with van der Waals surface area (Å²) in [6.07, 6.45) is -11.0. The molecule has 0 saturated carbocycles. The molecule has 10 heteroatoms. The predicted molar refractivity (Wildman–Crippen MR) is 72.5 cm³/mol. The Bertz CT molecular complexity index is 685. The van der Waals surface area contributed by atoms with E-state index in [2.05, 4.69) is 0 Å². The molecule has 1 aliphatic heterocycles. The average molecular weight is 369 g/mol. The van der Waals surface area contributed by atoms with E-state index in [1.165, 1.54) is 6.07 Å². The second-order valence-electron chi connectivity index (χ2n) is 5.83. The molecule has 1 aromatic rings. The summed E-state index contributed by atoms with van der Waals surface area (Å²) < 4.78 is 77.1. The zero-order valence-electron chi connectivity index (χ0n) is 12.6. The van der Waals surface area contributed by atoms with Crippen LogP contribution in [0.2, 0.25) is 0 Å². The van der Waals surface area contributed by atoms with Gasteiger partial charge in [-0.2, -0.15) is 26.3 Å². The number of nitrogens with zero attached hydrogens (tertiary/aromatic N) is 1. The minimum atomic E-state index is -5.04. The highest BCUT2D eigenvalue weighted by atomic mass is 19.4. The Hall–Kier alpha value is -2.26. The Morgan fingerprint density at radius 1 is 1.16 bits per heavy atom. The maximum atomic E-state index is 13.1. The van der Waals surface area contributed by atoms with Crippen molar-refractivity contribution in [3.05, 3.63) is 35.4 Å². The van der Waals surface area contributed by atoms with Gasteiger partial charge in [0.1, 0.15) is 0 Å². The molecule has 1 unspecified atom stereocenters. The highest BCUT2D eigenvalue weighted by Gasteiger charge is 2.64. The molecule has 1 fully saturated rings. The van der Waals surface area contributed by atoms with Gasteiger partial charge in [0, 0.05) is 13.1 Å². The number of rotatable bonds is 3. The molecular formula is C15H13F6NO3.